The van der Waals surface area contributed by atoms with Crippen LogP contribution in [0.4, 0.5) is 0 Å². The van der Waals surface area contributed by atoms with E-state index >= 15 is 0 Å². The molecule has 0 aliphatic carbocycles. The Morgan fingerprint density at radius 3 is 2.44 bits per heavy atom. The van der Waals surface area contributed by atoms with E-state index < -0.39 is 16.2 Å². The minimum absolute atomic E-state index is 0.0176. The highest BCUT2D eigenvalue weighted by molar-refractivity contribution is 7.86. The van der Waals surface area contributed by atoms with Crippen molar-refractivity contribution in [2.24, 2.45) is 0 Å². The van der Waals surface area contributed by atoms with Crippen LogP contribution < -0.4 is 0 Å². The summed E-state index contributed by atoms with van der Waals surface area (Å²) in [5.74, 6) is 1.21. The molecule has 0 fully saturated rings. The number of hydrogen-bond donors (Lipinski definition) is 1. The lowest BCUT2D eigenvalue weighted by molar-refractivity contribution is -0.137. The van der Waals surface area contributed by atoms with E-state index in [1.54, 1.807) is 6.92 Å². The highest BCUT2D eigenvalue weighted by Crippen LogP contribution is 2.06. The molecular weight excluding hydrogens is 232 g/mol. The van der Waals surface area contributed by atoms with Gasteiger partial charge in [-0.3, -0.25) is 4.79 Å². The molecule has 0 aliphatic heterocycles. The van der Waals surface area contributed by atoms with E-state index in [-0.39, 0.29) is 26.1 Å². The second kappa shape index (κ2) is 6.48. The van der Waals surface area contributed by atoms with Crippen LogP contribution >= 0.6 is 0 Å². The van der Waals surface area contributed by atoms with E-state index in [0.29, 0.717) is 0 Å². The fourth-order valence-electron chi connectivity index (χ4n) is 1.02. The van der Waals surface area contributed by atoms with Crippen molar-refractivity contribution in [3.05, 3.63) is 0 Å². The Morgan fingerprint density at radius 1 is 1.50 bits per heavy atom. The first-order chi connectivity index (χ1) is 7.36. The van der Waals surface area contributed by atoms with Crippen LogP contribution in [-0.2, 0) is 15.0 Å². The fourth-order valence-corrected chi connectivity index (χ4v) is 2.30. The van der Waals surface area contributed by atoms with Crippen molar-refractivity contribution in [3.63, 3.8) is 0 Å². The third kappa shape index (κ3) is 4.18. The van der Waals surface area contributed by atoms with Crippen LogP contribution in [0.15, 0.2) is 0 Å². The average Bonchev–Trinajstić information content (AvgIpc) is 2.21. The van der Waals surface area contributed by atoms with Gasteiger partial charge in [0.05, 0.1) is 13.0 Å². The van der Waals surface area contributed by atoms with Gasteiger partial charge in [0.25, 0.3) is 10.2 Å². The minimum atomic E-state index is -3.65. The molecule has 0 atom stereocenters. The second-order valence-electron chi connectivity index (χ2n) is 3.10. The van der Waals surface area contributed by atoms with Crippen molar-refractivity contribution in [1.29, 1.82) is 0 Å². The fraction of sp³-hybridized carbons (Fsp3) is 0.667. The molecule has 7 heteroatoms. The lowest BCUT2D eigenvalue weighted by atomic mass is 10.4. The number of rotatable bonds is 7. The number of terminal acetylenes is 1. The average molecular weight is 248 g/mol. The van der Waals surface area contributed by atoms with Crippen LogP contribution in [0.1, 0.15) is 13.3 Å². The van der Waals surface area contributed by atoms with Gasteiger partial charge in [-0.05, 0) is 0 Å². The Morgan fingerprint density at radius 2 is 2.06 bits per heavy atom. The minimum Gasteiger partial charge on any atom is -0.481 e. The van der Waals surface area contributed by atoms with E-state index in [4.69, 9.17) is 11.5 Å². The summed E-state index contributed by atoms with van der Waals surface area (Å²) in [6, 6.07) is 0. The first-order valence-corrected chi connectivity index (χ1v) is 6.12. The van der Waals surface area contributed by atoms with Crippen molar-refractivity contribution in [2.75, 3.05) is 26.7 Å². The number of aliphatic carboxylic acids is 1. The topological polar surface area (TPSA) is 77.9 Å². The maximum absolute atomic E-state index is 11.8. The summed E-state index contributed by atoms with van der Waals surface area (Å²) in [5, 5.41) is 8.46. The summed E-state index contributed by atoms with van der Waals surface area (Å²) in [6.45, 7) is 1.83. The van der Waals surface area contributed by atoms with Gasteiger partial charge in [-0.15, -0.1) is 6.42 Å². The van der Waals surface area contributed by atoms with E-state index in [9.17, 15) is 13.2 Å². The van der Waals surface area contributed by atoms with Gasteiger partial charge in [0.1, 0.15) is 0 Å². The molecule has 0 aromatic rings. The molecular formula is C9H16N2O4S. The second-order valence-corrected chi connectivity index (χ2v) is 5.14. The third-order valence-corrected chi connectivity index (χ3v) is 3.99. The SMILES string of the molecule is C#CCN(CC)S(=O)(=O)N(C)CCC(=O)O. The molecule has 92 valence electrons. The molecule has 0 spiro atoms. The Kier molecular flexibility index (Phi) is 6.03. The van der Waals surface area contributed by atoms with Gasteiger partial charge in [-0.25, -0.2) is 0 Å². The van der Waals surface area contributed by atoms with Gasteiger partial charge in [0.15, 0.2) is 0 Å². The number of carbonyl (C=O) groups is 1. The summed E-state index contributed by atoms with van der Waals surface area (Å²) in [6.07, 6.45) is 4.82. The zero-order valence-electron chi connectivity index (χ0n) is 9.38. The summed E-state index contributed by atoms with van der Waals surface area (Å²) < 4.78 is 25.7. The first kappa shape index (κ1) is 14.9. The molecule has 0 heterocycles. The molecule has 0 radical (unpaired) electrons. The van der Waals surface area contributed by atoms with Crippen LogP contribution in [0, 0.1) is 12.3 Å². The van der Waals surface area contributed by atoms with Gasteiger partial charge in [0, 0.05) is 20.1 Å². The molecule has 0 rings (SSSR count). The molecule has 0 aliphatic rings. The summed E-state index contributed by atoms with van der Waals surface area (Å²) in [7, 11) is -2.32. The first-order valence-electron chi connectivity index (χ1n) is 4.72. The molecule has 0 saturated carbocycles. The van der Waals surface area contributed by atoms with Gasteiger partial charge in [-0.2, -0.15) is 17.0 Å². The van der Waals surface area contributed by atoms with E-state index in [0.717, 1.165) is 8.61 Å². The van der Waals surface area contributed by atoms with Gasteiger partial charge in [0.2, 0.25) is 0 Å². The van der Waals surface area contributed by atoms with Gasteiger partial charge < -0.3 is 5.11 Å². The Balaban J connectivity index is 4.63. The zero-order valence-corrected chi connectivity index (χ0v) is 10.2. The van der Waals surface area contributed by atoms with Crippen LogP contribution in [0.2, 0.25) is 0 Å². The van der Waals surface area contributed by atoms with E-state index in [1.165, 1.54) is 7.05 Å². The predicted molar refractivity (Wildman–Crippen MR) is 59.9 cm³/mol. The Bertz CT molecular complexity index is 371. The summed E-state index contributed by atoms with van der Waals surface area (Å²) >= 11 is 0. The highest BCUT2D eigenvalue weighted by atomic mass is 32.2. The largest absolute Gasteiger partial charge is 0.481 e. The summed E-state index contributed by atoms with van der Waals surface area (Å²) in [5.41, 5.74) is 0. The molecule has 6 nitrogen and oxygen atoms in total. The van der Waals surface area contributed by atoms with Crippen LogP contribution in [0.5, 0.6) is 0 Å². The van der Waals surface area contributed by atoms with Crippen LogP contribution in [0.3, 0.4) is 0 Å². The number of nitrogens with zero attached hydrogens (tertiary/aromatic N) is 2. The smallest absolute Gasteiger partial charge is 0.304 e. The lowest BCUT2D eigenvalue weighted by Gasteiger charge is -2.24. The van der Waals surface area contributed by atoms with Crippen molar-refractivity contribution in [3.8, 4) is 12.3 Å². The van der Waals surface area contributed by atoms with Crippen LogP contribution in [0.25, 0.3) is 0 Å². The molecule has 1 N–H and O–H groups in total. The predicted octanol–water partition coefficient (Wildman–Crippen LogP) is -0.407. The molecule has 0 unspecified atom stereocenters. The van der Waals surface area contributed by atoms with Crippen molar-refractivity contribution >= 4 is 16.2 Å². The van der Waals surface area contributed by atoms with Crippen molar-refractivity contribution in [2.45, 2.75) is 13.3 Å². The summed E-state index contributed by atoms with van der Waals surface area (Å²) in [4.78, 5) is 10.3. The van der Waals surface area contributed by atoms with Crippen molar-refractivity contribution in [1.82, 2.24) is 8.61 Å². The molecule has 16 heavy (non-hydrogen) atoms. The Labute approximate surface area is 96.0 Å². The van der Waals surface area contributed by atoms with Gasteiger partial charge >= 0.3 is 5.97 Å². The molecule has 0 aromatic carbocycles. The van der Waals surface area contributed by atoms with Gasteiger partial charge in [-0.1, -0.05) is 12.8 Å². The third-order valence-electron chi connectivity index (χ3n) is 1.98. The molecule has 0 aromatic heterocycles. The van der Waals surface area contributed by atoms with Crippen LogP contribution in [-0.4, -0.2) is 54.8 Å². The monoisotopic (exact) mass is 248 g/mol. The number of carboxylic acids is 1. The van der Waals surface area contributed by atoms with E-state index in [1.807, 2.05) is 0 Å². The number of carboxylic acid groups (broad SMARTS) is 1. The highest BCUT2D eigenvalue weighted by Gasteiger charge is 2.24. The normalized spacial score (nSPS) is 11.7. The quantitative estimate of drug-likeness (QED) is 0.621. The van der Waals surface area contributed by atoms with Crippen molar-refractivity contribution < 1.29 is 18.3 Å². The molecule has 0 amide bonds. The number of hydrogen-bond acceptors (Lipinski definition) is 3. The standard InChI is InChI=1S/C9H16N2O4S/c1-4-7-11(5-2)16(14,15)10(3)8-6-9(12)13/h1H,5-8H2,2-3H3,(H,12,13). The van der Waals surface area contributed by atoms with E-state index in [2.05, 4.69) is 5.92 Å². The molecule has 0 saturated heterocycles. The maximum Gasteiger partial charge on any atom is 0.304 e. The maximum atomic E-state index is 11.8. The Hall–Kier alpha value is -1.10. The lowest BCUT2D eigenvalue weighted by Crippen LogP contribution is -2.42. The molecule has 0 bridgehead atoms. The zero-order chi connectivity index (χ0) is 12.8.